The Morgan fingerprint density at radius 2 is 2.29 bits per heavy atom. The lowest BCUT2D eigenvalue weighted by atomic mass is 10.2. The molecule has 0 aliphatic rings. The number of hydrogen-bond acceptors (Lipinski definition) is 4. The third kappa shape index (κ3) is 2.71. The van der Waals surface area contributed by atoms with Crippen LogP contribution in [0.5, 0.6) is 5.75 Å². The Kier molecular flexibility index (Phi) is 3.54. The molecule has 17 heavy (non-hydrogen) atoms. The fourth-order valence-corrected chi connectivity index (χ4v) is 1.64. The van der Waals surface area contributed by atoms with Crippen LogP contribution in [0, 0.1) is 6.92 Å². The maximum Gasteiger partial charge on any atom is 0.180 e. The minimum Gasteiger partial charge on any atom is -0.495 e. The number of hydrogen-bond donors (Lipinski definition) is 1. The summed E-state index contributed by atoms with van der Waals surface area (Å²) in [4.78, 5) is 3.85. The van der Waals surface area contributed by atoms with Crippen molar-refractivity contribution in [2.24, 2.45) is 0 Å². The predicted octanol–water partition coefficient (Wildman–Crippen LogP) is 3.26. The number of anilines is 1. The monoisotopic (exact) mass is 252 g/mol. The number of oxazole rings is 1. The predicted molar refractivity (Wildman–Crippen MR) is 66.6 cm³/mol. The van der Waals surface area contributed by atoms with Crippen molar-refractivity contribution in [1.29, 1.82) is 0 Å². The third-order valence-electron chi connectivity index (χ3n) is 2.42. The van der Waals surface area contributed by atoms with Crippen LogP contribution in [0.15, 0.2) is 29.1 Å². The number of methoxy groups -OCH3 is 1. The van der Waals surface area contributed by atoms with Gasteiger partial charge in [0.1, 0.15) is 11.5 Å². The smallest absolute Gasteiger partial charge is 0.180 e. The van der Waals surface area contributed by atoms with Gasteiger partial charge in [0.05, 0.1) is 25.5 Å². The van der Waals surface area contributed by atoms with E-state index in [-0.39, 0.29) is 0 Å². The van der Waals surface area contributed by atoms with Gasteiger partial charge in [-0.25, -0.2) is 4.98 Å². The highest BCUT2D eigenvalue weighted by Crippen LogP contribution is 2.31. The Bertz CT molecular complexity index is 497. The summed E-state index contributed by atoms with van der Waals surface area (Å²) in [6.07, 6.45) is 3.07. The standard InChI is InChI=1S/C12H13ClN2O2/c1-8-3-11(12(16-2)4-10(8)13)15-6-9-5-14-7-17-9/h3-5,7,15H,6H2,1-2H3. The van der Waals surface area contributed by atoms with Gasteiger partial charge in [-0.15, -0.1) is 0 Å². The molecule has 0 saturated heterocycles. The molecule has 0 fully saturated rings. The van der Waals surface area contributed by atoms with Crippen LogP contribution in [0.3, 0.4) is 0 Å². The molecule has 4 nitrogen and oxygen atoms in total. The van der Waals surface area contributed by atoms with Crippen LogP contribution in [0.25, 0.3) is 0 Å². The lowest BCUT2D eigenvalue weighted by Crippen LogP contribution is -2.01. The third-order valence-corrected chi connectivity index (χ3v) is 2.82. The average molecular weight is 253 g/mol. The van der Waals surface area contributed by atoms with Crippen molar-refractivity contribution >= 4 is 17.3 Å². The summed E-state index contributed by atoms with van der Waals surface area (Å²) >= 11 is 6.03. The van der Waals surface area contributed by atoms with Crippen molar-refractivity contribution in [2.45, 2.75) is 13.5 Å². The summed E-state index contributed by atoms with van der Waals surface area (Å²) in [5.74, 6) is 1.47. The van der Waals surface area contributed by atoms with Crippen molar-refractivity contribution in [2.75, 3.05) is 12.4 Å². The van der Waals surface area contributed by atoms with E-state index >= 15 is 0 Å². The van der Waals surface area contributed by atoms with Crippen LogP contribution >= 0.6 is 11.6 Å². The Labute approximate surface area is 105 Å². The second kappa shape index (κ2) is 5.10. The minimum atomic E-state index is 0.553. The van der Waals surface area contributed by atoms with Gasteiger partial charge in [-0.05, 0) is 18.6 Å². The van der Waals surface area contributed by atoms with Gasteiger partial charge in [0.15, 0.2) is 6.39 Å². The Balaban J connectivity index is 2.17. The largest absolute Gasteiger partial charge is 0.495 e. The molecule has 1 aromatic carbocycles. The van der Waals surface area contributed by atoms with E-state index in [1.165, 1.54) is 6.39 Å². The zero-order valence-electron chi connectivity index (χ0n) is 9.66. The highest BCUT2D eigenvalue weighted by molar-refractivity contribution is 6.31. The van der Waals surface area contributed by atoms with Crippen LogP contribution in [0.2, 0.25) is 5.02 Å². The number of halogens is 1. The van der Waals surface area contributed by atoms with Crippen LogP contribution in [-0.4, -0.2) is 12.1 Å². The number of nitrogens with one attached hydrogen (secondary N) is 1. The van der Waals surface area contributed by atoms with Gasteiger partial charge in [0.2, 0.25) is 0 Å². The first-order chi connectivity index (χ1) is 8.20. The zero-order valence-corrected chi connectivity index (χ0v) is 10.4. The number of aryl methyl sites for hydroxylation is 1. The van der Waals surface area contributed by atoms with E-state index in [0.29, 0.717) is 17.3 Å². The molecular formula is C12H13ClN2O2. The molecule has 1 heterocycles. The molecule has 0 aliphatic carbocycles. The zero-order chi connectivity index (χ0) is 12.3. The van der Waals surface area contributed by atoms with Gasteiger partial charge in [-0.3, -0.25) is 0 Å². The topological polar surface area (TPSA) is 47.3 Å². The summed E-state index contributed by atoms with van der Waals surface area (Å²) in [6.45, 7) is 2.50. The van der Waals surface area contributed by atoms with Gasteiger partial charge in [-0.2, -0.15) is 0 Å². The lowest BCUT2D eigenvalue weighted by Gasteiger charge is -2.12. The number of ether oxygens (including phenoxy) is 1. The molecule has 0 amide bonds. The summed E-state index contributed by atoms with van der Waals surface area (Å²) in [5.41, 5.74) is 1.87. The Hall–Kier alpha value is -1.68. The van der Waals surface area contributed by atoms with E-state index in [0.717, 1.165) is 17.0 Å². The number of nitrogens with zero attached hydrogens (tertiary/aromatic N) is 1. The Morgan fingerprint density at radius 1 is 1.47 bits per heavy atom. The molecular weight excluding hydrogens is 240 g/mol. The molecule has 0 radical (unpaired) electrons. The summed E-state index contributed by atoms with van der Waals surface area (Å²) in [5, 5.41) is 3.90. The maximum absolute atomic E-state index is 6.03. The fourth-order valence-electron chi connectivity index (χ4n) is 1.48. The number of rotatable bonds is 4. The molecule has 0 spiro atoms. The molecule has 0 unspecified atom stereocenters. The van der Waals surface area contributed by atoms with Crippen molar-refractivity contribution in [3.63, 3.8) is 0 Å². The van der Waals surface area contributed by atoms with Crippen LogP contribution in [0.4, 0.5) is 5.69 Å². The highest BCUT2D eigenvalue weighted by Gasteiger charge is 2.07. The Morgan fingerprint density at radius 3 is 2.94 bits per heavy atom. The first-order valence-corrected chi connectivity index (χ1v) is 5.54. The molecule has 2 aromatic rings. The minimum absolute atomic E-state index is 0.553. The quantitative estimate of drug-likeness (QED) is 0.907. The first-order valence-electron chi connectivity index (χ1n) is 5.16. The maximum atomic E-state index is 6.03. The molecule has 0 aliphatic heterocycles. The molecule has 1 N–H and O–H groups in total. The van der Waals surface area contributed by atoms with Crippen molar-refractivity contribution in [3.8, 4) is 5.75 Å². The van der Waals surface area contributed by atoms with Gasteiger partial charge < -0.3 is 14.5 Å². The summed E-state index contributed by atoms with van der Waals surface area (Å²) < 4.78 is 10.4. The van der Waals surface area contributed by atoms with Gasteiger partial charge >= 0.3 is 0 Å². The molecule has 0 atom stereocenters. The van der Waals surface area contributed by atoms with E-state index in [1.807, 2.05) is 13.0 Å². The summed E-state index contributed by atoms with van der Waals surface area (Å²) in [7, 11) is 1.61. The molecule has 1 aromatic heterocycles. The number of benzene rings is 1. The number of aromatic nitrogens is 1. The fraction of sp³-hybridized carbons (Fsp3) is 0.250. The van der Waals surface area contributed by atoms with E-state index < -0.39 is 0 Å². The van der Waals surface area contributed by atoms with Crippen molar-refractivity contribution in [1.82, 2.24) is 4.98 Å². The average Bonchev–Trinajstić information content (AvgIpc) is 2.83. The van der Waals surface area contributed by atoms with E-state index in [4.69, 9.17) is 20.8 Å². The van der Waals surface area contributed by atoms with Gasteiger partial charge in [-0.1, -0.05) is 11.6 Å². The van der Waals surface area contributed by atoms with Crippen molar-refractivity contribution in [3.05, 3.63) is 41.1 Å². The van der Waals surface area contributed by atoms with Gasteiger partial charge in [0.25, 0.3) is 0 Å². The molecule has 90 valence electrons. The van der Waals surface area contributed by atoms with Gasteiger partial charge in [0, 0.05) is 11.1 Å². The molecule has 2 rings (SSSR count). The van der Waals surface area contributed by atoms with E-state index in [2.05, 4.69) is 10.3 Å². The summed E-state index contributed by atoms with van der Waals surface area (Å²) in [6, 6.07) is 3.73. The SMILES string of the molecule is COc1cc(Cl)c(C)cc1NCc1cnco1. The first kappa shape index (κ1) is 11.8. The lowest BCUT2D eigenvalue weighted by molar-refractivity contribution is 0.416. The second-order valence-electron chi connectivity index (χ2n) is 3.62. The van der Waals surface area contributed by atoms with Crippen LogP contribution in [0.1, 0.15) is 11.3 Å². The van der Waals surface area contributed by atoms with Crippen LogP contribution < -0.4 is 10.1 Å². The normalized spacial score (nSPS) is 10.3. The second-order valence-corrected chi connectivity index (χ2v) is 4.03. The molecule has 0 saturated carbocycles. The molecule has 5 heteroatoms. The highest BCUT2D eigenvalue weighted by atomic mass is 35.5. The van der Waals surface area contributed by atoms with E-state index in [9.17, 15) is 0 Å². The van der Waals surface area contributed by atoms with Crippen molar-refractivity contribution < 1.29 is 9.15 Å². The molecule has 0 bridgehead atoms. The van der Waals surface area contributed by atoms with E-state index in [1.54, 1.807) is 19.4 Å². The van der Waals surface area contributed by atoms with Crippen LogP contribution in [-0.2, 0) is 6.54 Å².